The fourth-order valence-corrected chi connectivity index (χ4v) is 1.86. The third kappa shape index (κ3) is 2.31. The van der Waals surface area contributed by atoms with Gasteiger partial charge in [0.15, 0.2) is 0 Å². The van der Waals surface area contributed by atoms with Crippen molar-refractivity contribution in [3.8, 4) is 17.3 Å². The molecule has 84 valence electrons. The van der Waals surface area contributed by atoms with E-state index in [-0.39, 0.29) is 5.82 Å². The summed E-state index contributed by atoms with van der Waals surface area (Å²) in [6, 6.07) is 10.1. The highest BCUT2D eigenvalue weighted by Crippen LogP contribution is 2.22. The normalized spacial score (nSPS) is 10.0. The molecule has 3 nitrogen and oxygen atoms in total. The maximum absolute atomic E-state index is 8.87. The van der Waals surface area contributed by atoms with Crippen LogP contribution in [0.5, 0.6) is 0 Å². The fraction of sp³-hybridized carbons (Fsp3) is 0.214. The number of benzene rings is 1. The monoisotopic (exact) mass is 223 g/mol. The van der Waals surface area contributed by atoms with Gasteiger partial charge in [0.1, 0.15) is 6.07 Å². The van der Waals surface area contributed by atoms with Gasteiger partial charge >= 0.3 is 0 Å². The van der Waals surface area contributed by atoms with Gasteiger partial charge in [-0.15, -0.1) is 0 Å². The number of aromatic nitrogens is 2. The largest absolute Gasteiger partial charge is 0.232 e. The van der Waals surface area contributed by atoms with Crippen molar-refractivity contribution in [3.63, 3.8) is 0 Å². The van der Waals surface area contributed by atoms with E-state index in [2.05, 4.69) is 23.0 Å². The number of hydrogen-bond acceptors (Lipinski definition) is 3. The second kappa shape index (κ2) is 4.34. The Morgan fingerprint density at radius 1 is 1.06 bits per heavy atom. The second-order valence-corrected chi connectivity index (χ2v) is 4.15. The van der Waals surface area contributed by atoms with Crippen LogP contribution in [-0.2, 0) is 0 Å². The lowest BCUT2D eigenvalue weighted by Crippen LogP contribution is -1.96. The molecule has 0 saturated heterocycles. The van der Waals surface area contributed by atoms with Crippen molar-refractivity contribution < 1.29 is 0 Å². The van der Waals surface area contributed by atoms with Crippen molar-refractivity contribution in [2.45, 2.75) is 20.8 Å². The molecular weight excluding hydrogens is 210 g/mol. The molecule has 0 bridgehead atoms. The van der Waals surface area contributed by atoms with Crippen molar-refractivity contribution in [1.82, 2.24) is 9.97 Å². The average molecular weight is 223 g/mol. The van der Waals surface area contributed by atoms with Crippen molar-refractivity contribution in [3.05, 3.63) is 46.9 Å². The van der Waals surface area contributed by atoms with Gasteiger partial charge in [0.25, 0.3) is 0 Å². The summed E-state index contributed by atoms with van der Waals surface area (Å²) in [7, 11) is 0. The average Bonchev–Trinajstić information content (AvgIpc) is 2.28. The van der Waals surface area contributed by atoms with E-state index in [1.54, 1.807) is 0 Å². The molecule has 2 rings (SSSR count). The first-order valence-corrected chi connectivity index (χ1v) is 5.43. The van der Waals surface area contributed by atoms with E-state index < -0.39 is 0 Å². The molecule has 0 atom stereocenters. The maximum Gasteiger partial charge on any atom is 0.232 e. The molecule has 0 aliphatic carbocycles. The van der Waals surface area contributed by atoms with Gasteiger partial charge in [0.2, 0.25) is 5.82 Å². The predicted molar refractivity (Wildman–Crippen MR) is 66.4 cm³/mol. The summed E-state index contributed by atoms with van der Waals surface area (Å²) >= 11 is 0. The van der Waals surface area contributed by atoms with Crippen molar-refractivity contribution >= 4 is 0 Å². The Labute approximate surface area is 101 Å². The molecule has 1 aromatic carbocycles. The van der Waals surface area contributed by atoms with E-state index in [1.165, 1.54) is 5.56 Å². The van der Waals surface area contributed by atoms with E-state index in [1.807, 2.05) is 38.1 Å². The summed E-state index contributed by atoms with van der Waals surface area (Å²) in [5, 5.41) is 8.87. The maximum atomic E-state index is 8.87. The first kappa shape index (κ1) is 11.3. The first-order valence-electron chi connectivity index (χ1n) is 5.43. The first-order chi connectivity index (χ1) is 8.10. The van der Waals surface area contributed by atoms with Crippen LogP contribution in [0, 0.1) is 32.1 Å². The van der Waals surface area contributed by atoms with Crippen LogP contribution < -0.4 is 0 Å². The number of nitriles is 1. The molecule has 0 fully saturated rings. The van der Waals surface area contributed by atoms with E-state index in [9.17, 15) is 0 Å². The fourth-order valence-electron chi connectivity index (χ4n) is 1.86. The number of rotatable bonds is 1. The molecule has 2 aromatic rings. The highest BCUT2D eigenvalue weighted by Gasteiger charge is 2.06. The minimum Gasteiger partial charge on any atom is -0.224 e. The predicted octanol–water partition coefficient (Wildman–Crippen LogP) is 2.94. The van der Waals surface area contributed by atoms with Gasteiger partial charge in [-0.2, -0.15) is 5.26 Å². The van der Waals surface area contributed by atoms with Crippen molar-refractivity contribution in [2.24, 2.45) is 0 Å². The van der Waals surface area contributed by atoms with Crippen LogP contribution in [0.2, 0.25) is 0 Å². The van der Waals surface area contributed by atoms with Crippen molar-refractivity contribution in [1.29, 1.82) is 5.26 Å². The quantitative estimate of drug-likeness (QED) is 0.746. The molecule has 3 heteroatoms. The summed E-state index contributed by atoms with van der Waals surface area (Å²) in [5.74, 6) is 0.222. The Bertz CT molecular complexity index is 609. The van der Waals surface area contributed by atoms with Crippen LogP contribution in [0.1, 0.15) is 22.6 Å². The SMILES string of the molecule is Cc1ccc(-c2cc(C)nc(C#N)n2)c(C)c1. The molecular formula is C14H13N3. The molecule has 0 N–H and O–H groups in total. The zero-order valence-electron chi connectivity index (χ0n) is 10.2. The second-order valence-electron chi connectivity index (χ2n) is 4.15. The minimum atomic E-state index is 0.222. The molecule has 0 aliphatic rings. The lowest BCUT2D eigenvalue weighted by Gasteiger charge is -2.07. The molecule has 0 amide bonds. The minimum absolute atomic E-state index is 0.222. The zero-order chi connectivity index (χ0) is 12.4. The van der Waals surface area contributed by atoms with Crippen LogP contribution in [0.4, 0.5) is 0 Å². The van der Waals surface area contributed by atoms with Gasteiger partial charge in [-0.25, -0.2) is 9.97 Å². The van der Waals surface area contributed by atoms with Crippen molar-refractivity contribution in [2.75, 3.05) is 0 Å². The number of nitrogens with zero attached hydrogens (tertiary/aromatic N) is 3. The third-order valence-corrected chi connectivity index (χ3v) is 2.61. The van der Waals surface area contributed by atoms with E-state index >= 15 is 0 Å². The number of hydrogen-bond donors (Lipinski definition) is 0. The van der Waals surface area contributed by atoms with Crippen LogP contribution in [0.15, 0.2) is 24.3 Å². The molecule has 0 saturated carbocycles. The zero-order valence-corrected chi connectivity index (χ0v) is 10.2. The highest BCUT2D eigenvalue weighted by molar-refractivity contribution is 5.64. The topological polar surface area (TPSA) is 49.6 Å². The Morgan fingerprint density at radius 2 is 1.82 bits per heavy atom. The van der Waals surface area contributed by atoms with E-state index in [0.717, 1.165) is 22.5 Å². The van der Waals surface area contributed by atoms with Gasteiger partial charge in [-0.05, 0) is 32.4 Å². The van der Waals surface area contributed by atoms with Crippen LogP contribution >= 0.6 is 0 Å². The Hall–Kier alpha value is -2.21. The van der Waals surface area contributed by atoms with Gasteiger partial charge in [-0.3, -0.25) is 0 Å². The Kier molecular flexibility index (Phi) is 2.88. The van der Waals surface area contributed by atoms with E-state index in [4.69, 9.17) is 5.26 Å². The Morgan fingerprint density at radius 3 is 2.47 bits per heavy atom. The van der Waals surface area contributed by atoms with Crippen LogP contribution in [-0.4, -0.2) is 9.97 Å². The molecule has 1 aromatic heterocycles. The standard InChI is InChI=1S/C14H13N3/c1-9-4-5-12(10(2)6-9)13-7-11(3)16-14(8-15)17-13/h4-7H,1-3H3. The molecule has 17 heavy (non-hydrogen) atoms. The Balaban J connectivity index is 2.61. The summed E-state index contributed by atoms with van der Waals surface area (Å²) in [6.45, 7) is 5.98. The molecule has 0 radical (unpaired) electrons. The summed E-state index contributed by atoms with van der Waals surface area (Å²) in [5.41, 5.74) is 5.06. The van der Waals surface area contributed by atoms with Gasteiger partial charge in [-0.1, -0.05) is 23.8 Å². The number of aryl methyl sites for hydroxylation is 3. The lowest BCUT2D eigenvalue weighted by atomic mass is 10.0. The third-order valence-electron chi connectivity index (χ3n) is 2.61. The molecule has 1 heterocycles. The molecule has 0 spiro atoms. The summed E-state index contributed by atoms with van der Waals surface area (Å²) in [6.07, 6.45) is 0. The molecule has 0 unspecified atom stereocenters. The summed E-state index contributed by atoms with van der Waals surface area (Å²) in [4.78, 5) is 8.29. The van der Waals surface area contributed by atoms with Gasteiger partial charge in [0.05, 0.1) is 5.69 Å². The van der Waals surface area contributed by atoms with E-state index in [0.29, 0.717) is 0 Å². The van der Waals surface area contributed by atoms with Gasteiger partial charge in [0, 0.05) is 11.3 Å². The lowest BCUT2D eigenvalue weighted by molar-refractivity contribution is 1.06. The molecule has 0 aliphatic heterocycles. The van der Waals surface area contributed by atoms with Crippen LogP contribution in [0.25, 0.3) is 11.3 Å². The highest BCUT2D eigenvalue weighted by atomic mass is 14.9. The summed E-state index contributed by atoms with van der Waals surface area (Å²) < 4.78 is 0. The van der Waals surface area contributed by atoms with Crippen LogP contribution in [0.3, 0.4) is 0 Å². The van der Waals surface area contributed by atoms with Gasteiger partial charge < -0.3 is 0 Å². The smallest absolute Gasteiger partial charge is 0.224 e.